The zero-order chi connectivity index (χ0) is 28.9. The van der Waals surface area contributed by atoms with E-state index in [-0.39, 0.29) is 23.5 Å². The Morgan fingerprint density at radius 2 is 1.42 bits per heavy atom. The van der Waals surface area contributed by atoms with Crippen LogP contribution < -0.4 is 26.6 Å². The molecule has 0 fully saturated rings. The molecule has 0 aliphatic heterocycles. The normalized spacial score (nSPS) is 13.3. The Hall–Kier alpha value is -3.61. The highest BCUT2D eigenvalue weighted by molar-refractivity contribution is 8.00. The number of rotatable bonds is 14. The lowest BCUT2D eigenvalue weighted by Gasteiger charge is -2.26. The minimum Gasteiger partial charge on any atom is -0.480 e. The van der Waals surface area contributed by atoms with Crippen molar-refractivity contribution < 1.29 is 33.9 Å². The summed E-state index contributed by atoms with van der Waals surface area (Å²) in [7, 11) is 0. The monoisotopic (exact) mass is 551 g/mol. The number of hydrogen-bond donors (Lipinski definition) is 6. The Bertz CT molecular complexity index is 998. The van der Waals surface area contributed by atoms with Crippen LogP contribution in [0.1, 0.15) is 40.2 Å². The van der Waals surface area contributed by atoms with E-state index in [4.69, 9.17) is 5.11 Å². The van der Waals surface area contributed by atoms with Gasteiger partial charge in [0.05, 0.1) is 13.1 Å². The summed E-state index contributed by atoms with van der Waals surface area (Å²) in [6.45, 7) is 7.65. The van der Waals surface area contributed by atoms with Crippen LogP contribution in [0.4, 0.5) is 0 Å². The van der Waals surface area contributed by atoms with E-state index in [1.807, 2.05) is 20.8 Å². The molecule has 3 atom stereocenters. The van der Waals surface area contributed by atoms with Crippen LogP contribution in [0.2, 0.25) is 0 Å². The molecule has 0 radical (unpaired) electrons. The second-order valence-electron chi connectivity index (χ2n) is 9.55. The first kappa shape index (κ1) is 32.4. The molecular formula is C25H37N5O7S. The van der Waals surface area contributed by atoms with Crippen LogP contribution in [-0.4, -0.2) is 82.3 Å². The maximum atomic E-state index is 13.3. The second-order valence-corrected chi connectivity index (χ2v) is 11.4. The van der Waals surface area contributed by atoms with Crippen molar-refractivity contribution in [3.05, 3.63) is 35.9 Å². The number of carbonyl (C=O) groups excluding carboxylic acids is 5. The zero-order valence-electron chi connectivity index (χ0n) is 22.3. The number of carboxylic acid groups (broad SMARTS) is 1. The molecule has 0 aliphatic carbocycles. The Labute approximate surface area is 226 Å². The molecule has 0 spiro atoms. The molecule has 0 aromatic heterocycles. The van der Waals surface area contributed by atoms with E-state index in [0.29, 0.717) is 0 Å². The molecule has 1 aromatic carbocycles. The largest absolute Gasteiger partial charge is 0.480 e. The zero-order valence-corrected chi connectivity index (χ0v) is 23.1. The number of benzene rings is 1. The molecule has 5 amide bonds. The number of thioether (sulfide) groups is 1. The topological polar surface area (TPSA) is 183 Å². The van der Waals surface area contributed by atoms with Gasteiger partial charge in [-0.1, -0.05) is 51.1 Å². The van der Waals surface area contributed by atoms with Gasteiger partial charge in [-0.25, -0.2) is 0 Å². The summed E-state index contributed by atoms with van der Waals surface area (Å²) in [4.78, 5) is 72.6. The summed E-state index contributed by atoms with van der Waals surface area (Å²) >= 11 is 1.41. The fraction of sp³-hybridized carbons (Fsp3) is 0.520. The SMILES string of the molecule is CC(=O)NCC(=O)NCC(=O)N[C@@H](Cc1ccccc1)C(=O)N[C@@H](CSC(C)(C)C)C(=O)N[C@@H](C)C(=O)O. The van der Waals surface area contributed by atoms with Gasteiger partial charge in [0.2, 0.25) is 29.5 Å². The lowest BCUT2D eigenvalue weighted by atomic mass is 10.0. The Balaban J connectivity index is 3.00. The number of amides is 5. The highest BCUT2D eigenvalue weighted by Gasteiger charge is 2.30. The van der Waals surface area contributed by atoms with Gasteiger partial charge in [0.15, 0.2) is 0 Å². The van der Waals surface area contributed by atoms with Crippen molar-refractivity contribution in [3.8, 4) is 0 Å². The van der Waals surface area contributed by atoms with Gasteiger partial charge in [-0.2, -0.15) is 11.8 Å². The van der Waals surface area contributed by atoms with Crippen LogP contribution in [0, 0.1) is 0 Å². The Morgan fingerprint density at radius 3 is 1.97 bits per heavy atom. The van der Waals surface area contributed by atoms with Crippen molar-refractivity contribution >= 4 is 47.3 Å². The average Bonchev–Trinajstić information content (AvgIpc) is 2.83. The smallest absolute Gasteiger partial charge is 0.325 e. The third-order valence-corrected chi connectivity index (χ3v) is 6.29. The molecule has 210 valence electrons. The third-order valence-electron chi connectivity index (χ3n) is 4.92. The number of carbonyl (C=O) groups is 6. The maximum Gasteiger partial charge on any atom is 0.325 e. The van der Waals surface area contributed by atoms with E-state index in [0.717, 1.165) is 5.56 Å². The molecule has 1 rings (SSSR count). The van der Waals surface area contributed by atoms with Crippen molar-refractivity contribution in [1.82, 2.24) is 26.6 Å². The fourth-order valence-electron chi connectivity index (χ4n) is 2.91. The molecule has 38 heavy (non-hydrogen) atoms. The van der Waals surface area contributed by atoms with Gasteiger partial charge in [0, 0.05) is 23.8 Å². The summed E-state index contributed by atoms with van der Waals surface area (Å²) in [5.41, 5.74) is 0.743. The minimum absolute atomic E-state index is 0.102. The molecule has 0 unspecified atom stereocenters. The number of aliphatic carboxylic acids is 1. The van der Waals surface area contributed by atoms with E-state index in [2.05, 4.69) is 26.6 Å². The molecule has 0 aliphatic rings. The van der Waals surface area contributed by atoms with E-state index in [1.165, 1.54) is 25.6 Å². The van der Waals surface area contributed by atoms with Gasteiger partial charge >= 0.3 is 5.97 Å². The molecule has 0 heterocycles. The van der Waals surface area contributed by atoms with Crippen LogP contribution in [0.3, 0.4) is 0 Å². The van der Waals surface area contributed by atoms with Gasteiger partial charge in [0.25, 0.3) is 0 Å². The predicted molar refractivity (Wildman–Crippen MR) is 143 cm³/mol. The Morgan fingerprint density at radius 1 is 0.842 bits per heavy atom. The fourth-order valence-corrected chi connectivity index (χ4v) is 3.82. The minimum atomic E-state index is -1.22. The highest BCUT2D eigenvalue weighted by atomic mass is 32.2. The predicted octanol–water partition coefficient (Wildman–Crippen LogP) is -0.428. The van der Waals surface area contributed by atoms with Gasteiger partial charge in [-0.05, 0) is 12.5 Å². The molecule has 0 bridgehead atoms. The van der Waals surface area contributed by atoms with Gasteiger partial charge < -0.3 is 31.7 Å². The summed E-state index contributed by atoms with van der Waals surface area (Å²) in [5, 5.41) is 21.4. The van der Waals surface area contributed by atoms with Gasteiger partial charge in [-0.3, -0.25) is 28.8 Å². The van der Waals surface area contributed by atoms with Crippen LogP contribution in [0.25, 0.3) is 0 Å². The maximum absolute atomic E-state index is 13.3. The summed E-state index contributed by atoms with van der Waals surface area (Å²) in [6, 6.07) is 5.57. The molecule has 12 nitrogen and oxygen atoms in total. The Kier molecular flexibility index (Phi) is 13.3. The molecule has 1 aromatic rings. The molecular weight excluding hydrogens is 514 g/mol. The number of nitrogens with one attached hydrogen (secondary N) is 5. The van der Waals surface area contributed by atoms with E-state index < -0.39 is 60.2 Å². The molecule has 13 heteroatoms. The molecule has 0 saturated heterocycles. The summed E-state index contributed by atoms with van der Waals surface area (Å²) < 4.78 is -0.241. The van der Waals surface area contributed by atoms with Crippen molar-refractivity contribution in [2.45, 2.75) is 63.9 Å². The molecule has 0 saturated carbocycles. The van der Waals surface area contributed by atoms with E-state index in [9.17, 15) is 28.8 Å². The number of hydrogen-bond acceptors (Lipinski definition) is 7. The first-order valence-corrected chi connectivity index (χ1v) is 13.0. The quantitative estimate of drug-likeness (QED) is 0.180. The lowest BCUT2D eigenvalue weighted by molar-refractivity contribution is -0.141. The van der Waals surface area contributed by atoms with Crippen LogP contribution in [-0.2, 0) is 35.2 Å². The van der Waals surface area contributed by atoms with Crippen LogP contribution >= 0.6 is 11.8 Å². The van der Waals surface area contributed by atoms with Crippen LogP contribution in [0.15, 0.2) is 30.3 Å². The van der Waals surface area contributed by atoms with Crippen molar-refractivity contribution in [1.29, 1.82) is 0 Å². The van der Waals surface area contributed by atoms with Gasteiger partial charge in [0.1, 0.15) is 18.1 Å². The molecule has 6 N–H and O–H groups in total. The standard InChI is InChI=1S/C25H37N5O7S/c1-15(24(36)37)28-23(35)19(14-38-25(3,4)5)30-22(34)18(11-17-9-7-6-8-10-17)29-21(33)13-27-20(32)12-26-16(2)31/h6-10,15,18-19H,11-14H2,1-5H3,(H,26,31)(H,27,32)(H,28,35)(H,29,33)(H,30,34)(H,36,37)/t15-,18-,19-/m0/s1. The van der Waals surface area contributed by atoms with Crippen molar-refractivity contribution in [3.63, 3.8) is 0 Å². The average molecular weight is 552 g/mol. The van der Waals surface area contributed by atoms with Crippen LogP contribution in [0.5, 0.6) is 0 Å². The second kappa shape index (κ2) is 15.6. The first-order valence-electron chi connectivity index (χ1n) is 12.0. The number of carboxylic acids is 1. The van der Waals surface area contributed by atoms with Crippen molar-refractivity contribution in [2.75, 3.05) is 18.8 Å². The first-order chi connectivity index (χ1) is 17.7. The van der Waals surface area contributed by atoms with E-state index in [1.54, 1.807) is 30.3 Å². The third kappa shape index (κ3) is 13.6. The van der Waals surface area contributed by atoms with Crippen molar-refractivity contribution in [2.24, 2.45) is 0 Å². The van der Waals surface area contributed by atoms with Gasteiger partial charge in [-0.15, -0.1) is 0 Å². The van der Waals surface area contributed by atoms with E-state index >= 15 is 0 Å². The lowest BCUT2D eigenvalue weighted by Crippen LogP contribution is -2.57. The summed E-state index contributed by atoms with van der Waals surface area (Å²) in [5.74, 6) is -4.00. The highest BCUT2D eigenvalue weighted by Crippen LogP contribution is 2.24. The summed E-state index contributed by atoms with van der Waals surface area (Å²) in [6.07, 6.45) is 0.102.